The largest absolute Gasteiger partial charge is 0.488 e. The number of hydrogen-bond donors (Lipinski definition) is 1. The minimum Gasteiger partial charge on any atom is -0.488 e. The van der Waals surface area contributed by atoms with Crippen molar-refractivity contribution in [2.75, 3.05) is 0 Å². The van der Waals surface area contributed by atoms with Gasteiger partial charge in [0.05, 0.1) is 11.1 Å². The number of aliphatic hydroxyl groups is 1. The number of halogens is 1. The summed E-state index contributed by atoms with van der Waals surface area (Å²) in [4.78, 5) is 0. The van der Waals surface area contributed by atoms with Crippen molar-refractivity contribution < 1.29 is 9.84 Å². The molecule has 0 aliphatic heterocycles. The predicted octanol–water partition coefficient (Wildman–Crippen LogP) is 4.50. The third kappa shape index (κ3) is 2.44. The smallest absolute Gasteiger partial charge is 0.138 e. The molecule has 0 bridgehead atoms. The lowest BCUT2D eigenvalue weighted by molar-refractivity contribution is -0.163. The summed E-state index contributed by atoms with van der Waals surface area (Å²) in [5.41, 5.74) is 1.13. The molecule has 3 rings (SSSR count). The van der Waals surface area contributed by atoms with Crippen LogP contribution in [0.25, 0.3) is 0 Å². The third-order valence-corrected chi connectivity index (χ3v) is 5.44. The second-order valence-corrected chi connectivity index (χ2v) is 6.85. The van der Waals surface area contributed by atoms with Gasteiger partial charge in [0.15, 0.2) is 0 Å². The highest BCUT2D eigenvalue weighted by Gasteiger charge is 2.55. The first-order valence-corrected chi connectivity index (χ1v) is 8.10. The van der Waals surface area contributed by atoms with Crippen LogP contribution >= 0.6 is 11.6 Å². The Morgan fingerprint density at radius 1 is 1.20 bits per heavy atom. The van der Waals surface area contributed by atoms with E-state index in [4.69, 9.17) is 16.3 Å². The Morgan fingerprint density at radius 3 is 2.55 bits per heavy atom. The minimum atomic E-state index is -0.200. The van der Waals surface area contributed by atoms with Crippen LogP contribution in [0.3, 0.4) is 0 Å². The molecule has 2 aliphatic carbocycles. The van der Waals surface area contributed by atoms with Crippen LogP contribution in [0.5, 0.6) is 5.75 Å². The summed E-state index contributed by atoms with van der Waals surface area (Å²) in [5.74, 6) is 0.771. The van der Waals surface area contributed by atoms with E-state index in [2.05, 4.69) is 0 Å². The summed E-state index contributed by atoms with van der Waals surface area (Å²) >= 11 is 6.23. The van der Waals surface area contributed by atoms with Crippen LogP contribution in [0, 0.1) is 12.3 Å². The quantitative estimate of drug-likeness (QED) is 0.870. The first-order chi connectivity index (χ1) is 9.62. The van der Waals surface area contributed by atoms with Crippen LogP contribution in [0.1, 0.15) is 50.5 Å². The molecule has 2 aliphatic rings. The van der Waals surface area contributed by atoms with E-state index in [1.807, 2.05) is 25.1 Å². The molecule has 2 unspecified atom stereocenters. The summed E-state index contributed by atoms with van der Waals surface area (Å²) in [6.45, 7) is 2.04. The molecule has 2 saturated carbocycles. The van der Waals surface area contributed by atoms with Gasteiger partial charge in [-0.25, -0.2) is 0 Å². The standard InChI is InChI=1S/C17H23ClO2/c1-12-6-7-13(18)14(10-12)20-16-11-15(19)17(16)8-4-2-3-5-9-17/h6-7,10,15-16,19H,2-5,8-9,11H2,1H3. The lowest BCUT2D eigenvalue weighted by atomic mass is 9.59. The zero-order valence-electron chi connectivity index (χ0n) is 12.1. The Hall–Kier alpha value is -0.730. The molecule has 2 atom stereocenters. The van der Waals surface area contributed by atoms with Gasteiger partial charge in [-0.2, -0.15) is 0 Å². The fourth-order valence-corrected chi connectivity index (χ4v) is 3.95. The maximum atomic E-state index is 10.3. The van der Waals surface area contributed by atoms with Gasteiger partial charge in [-0.1, -0.05) is 43.4 Å². The van der Waals surface area contributed by atoms with E-state index in [9.17, 15) is 5.11 Å². The molecule has 0 amide bonds. The normalized spacial score (nSPS) is 28.8. The number of hydrogen-bond acceptors (Lipinski definition) is 2. The first-order valence-electron chi connectivity index (χ1n) is 7.73. The van der Waals surface area contributed by atoms with Crippen molar-refractivity contribution in [1.29, 1.82) is 0 Å². The van der Waals surface area contributed by atoms with Gasteiger partial charge >= 0.3 is 0 Å². The van der Waals surface area contributed by atoms with Crippen LogP contribution in [0.15, 0.2) is 18.2 Å². The van der Waals surface area contributed by atoms with Crippen molar-refractivity contribution in [3.05, 3.63) is 28.8 Å². The van der Waals surface area contributed by atoms with E-state index in [1.54, 1.807) is 0 Å². The van der Waals surface area contributed by atoms with Crippen molar-refractivity contribution in [2.24, 2.45) is 5.41 Å². The Morgan fingerprint density at radius 2 is 1.90 bits per heavy atom. The maximum Gasteiger partial charge on any atom is 0.138 e. The number of aliphatic hydroxyl groups excluding tert-OH is 1. The molecular formula is C17H23ClO2. The lowest BCUT2D eigenvalue weighted by Gasteiger charge is -2.53. The second kappa shape index (κ2) is 5.57. The van der Waals surface area contributed by atoms with Gasteiger partial charge in [-0.3, -0.25) is 0 Å². The fraction of sp³-hybridized carbons (Fsp3) is 0.647. The van der Waals surface area contributed by atoms with E-state index < -0.39 is 0 Å². The van der Waals surface area contributed by atoms with E-state index in [-0.39, 0.29) is 17.6 Å². The summed E-state index contributed by atoms with van der Waals surface area (Å²) < 4.78 is 6.19. The average Bonchev–Trinajstić information content (AvgIpc) is 2.70. The van der Waals surface area contributed by atoms with Crippen molar-refractivity contribution in [2.45, 2.75) is 64.1 Å². The second-order valence-electron chi connectivity index (χ2n) is 6.44. The fourth-order valence-electron chi connectivity index (χ4n) is 3.79. The molecular weight excluding hydrogens is 272 g/mol. The zero-order chi connectivity index (χ0) is 14.2. The Balaban J connectivity index is 1.78. The number of benzene rings is 1. The van der Waals surface area contributed by atoms with Gasteiger partial charge in [-0.05, 0) is 37.5 Å². The van der Waals surface area contributed by atoms with Crippen LogP contribution in [-0.2, 0) is 0 Å². The number of ether oxygens (including phenoxy) is 1. The van der Waals surface area contributed by atoms with Gasteiger partial charge in [0.1, 0.15) is 11.9 Å². The van der Waals surface area contributed by atoms with Gasteiger partial charge in [0.25, 0.3) is 0 Å². The van der Waals surface area contributed by atoms with Crippen molar-refractivity contribution in [1.82, 2.24) is 0 Å². The van der Waals surface area contributed by atoms with Gasteiger partial charge in [0.2, 0.25) is 0 Å². The van der Waals surface area contributed by atoms with Crippen molar-refractivity contribution in [3.8, 4) is 5.75 Å². The molecule has 20 heavy (non-hydrogen) atoms. The van der Waals surface area contributed by atoms with Crippen molar-refractivity contribution >= 4 is 11.6 Å². The van der Waals surface area contributed by atoms with Gasteiger partial charge in [-0.15, -0.1) is 0 Å². The maximum absolute atomic E-state index is 10.3. The molecule has 2 nitrogen and oxygen atoms in total. The highest BCUT2D eigenvalue weighted by atomic mass is 35.5. The van der Waals surface area contributed by atoms with Gasteiger partial charge < -0.3 is 9.84 Å². The number of aryl methyl sites for hydroxylation is 1. The molecule has 0 saturated heterocycles. The predicted molar refractivity (Wildman–Crippen MR) is 81.4 cm³/mol. The summed E-state index contributed by atoms with van der Waals surface area (Å²) in [7, 11) is 0. The van der Waals surface area contributed by atoms with Crippen LogP contribution in [0.2, 0.25) is 5.02 Å². The van der Waals surface area contributed by atoms with Crippen LogP contribution in [-0.4, -0.2) is 17.3 Å². The topological polar surface area (TPSA) is 29.5 Å². The van der Waals surface area contributed by atoms with Crippen LogP contribution < -0.4 is 4.74 Å². The molecule has 1 N–H and O–H groups in total. The van der Waals surface area contributed by atoms with E-state index in [1.165, 1.54) is 25.7 Å². The molecule has 1 spiro atoms. The van der Waals surface area contributed by atoms with E-state index in [0.29, 0.717) is 5.02 Å². The SMILES string of the molecule is Cc1ccc(Cl)c(OC2CC(O)C23CCCCCC3)c1. The molecule has 1 aromatic rings. The summed E-state index contributed by atoms with van der Waals surface area (Å²) in [6.07, 6.45) is 7.81. The highest BCUT2D eigenvalue weighted by molar-refractivity contribution is 6.32. The Labute approximate surface area is 126 Å². The Kier molecular flexibility index (Phi) is 3.96. The van der Waals surface area contributed by atoms with Crippen LogP contribution in [0.4, 0.5) is 0 Å². The molecule has 1 aromatic carbocycles. The molecule has 3 heteroatoms. The molecule has 2 fully saturated rings. The first kappa shape index (κ1) is 14.2. The Bertz CT molecular complexity index is 478. The lowest BCUT2D eigenvalue weighted by Crippen LogP contribution is -2.59. The third-order valence-electron chi connectivity index (χ3n) is 5.13. The average molecular weight is 295 g/mol. The molecule has 110 valence electrons. The molecule has 0 heterocycles. The minimum absolute atomic E-state index is 0.0242. The van der Waals surface area contributed by atoms with Crippen molar-refractivity contribution in [3.63, 3.8) is 0 Å². The highest BCUT2D eigenvalue weighted by Crippen LogP contribution is 2.52. The molecule has 0 radical (unpaired) electrons. The monoisotopic (exact) mass is 294 g/mol. The summed E-state index contributed by atoms with van der Waals surface area (Å²) in [6, 6.07) is 5.88. The van der Waals surface area contributed by atoms with E-state index in [0.717, 1.165) is 30.6 Å². The van der Waals surface area contributed by atoms with E-state index >= 15 is 0 Å². The molecule has 0 aromatic heterocycles. The summed E-state index contributed by atoms with van der Waals surface area (Å²) in [5, 5.41) is 11.0. The number of rotatable bonds is 2. The van der Waals surface area contributed by atoms with Gasteiger partial charge in [0, 0.05) is 11.8 Å². The zero-order valence-corrected chi connectivity index (χ0v) is 12.8.